The number of carboxylic acids is 1. The molecule has 2 rings (SSSR count). The third-order valence-electron chi connectivity index (χ3n) is 5.53. The van der Waals surface area contributed by atoms with E-state index in [-0.39, 0.29) is 41.8 Å². The van der Waals surface area contributed by atoms with Crippen molar-refractivity contribution in [1.29, 1.82) is 0 Å². The van der Waals surface area contributed by atoms with E-state index in [0.29, 0.717) is 11.7 Å². The van der Waals surface area contributed by atoms with Gasteiger partial charge in [0.25, 0.3) is 0 Å². The predicted octanol–water partition coefficient (Wildman–Crippen LogP) is 0.305. The van der Waals surface area contributed by atoms with Crippen molar-refractivity contribution in [2.75, 3.05) is 6.61 Å². The predicted molar refractivity (Wildman–Crippen MR) is 109 cm³/mol. The maximum Gasteiger partial charge on any atom is 1.00 e. The Bertz CT molecular complexity index is 578. The van der Waals surface area contributed by atoms with Crippen molar-refractivity contribution in [1.82, 2.24) is 0 Å². The van der Waals surface area contributed by atoms with Gasteiger partial charge >= 0.3 is 29.6 Å². The number of ether oxygens (including phenoxy) is 1. The van der Waals surface area contributed by atoms with Gasteiger partial charge in [0.05, 0.1) is 18.2 Å². The second-order valence-corrected chi connectivity index (χ2v) is 7.84. The maximum atomic E-state index is 10.1. The number of unbranched alkanes of at least 4 members (excludes halogenated alkanes) is 2. The number of hydrogen-bond donors (Lipinski definition) is 2. The summed E-state index contributed by atoms with van der Waals surface area (Å²) in [5.41, 5.74) is 2.04. The molecule has 0 bridgehead atoms. The molecular weight excluding hydrogens is 379 g/mol. The van der Waals surface area contributed by atoms with Crippen LogP contribution in [0.5, 0.6) is 5.75 Å². The Morgan fingerprint density at radius 2 is 1.97 bits per heavy atom. The van der Waals surface area contributed by atoms with Gasteiger partial charge in [-0.15, -0.1) is 0 Å². The van der Waals surface area contributed by atoms with E-state index in [2.05, 4.69) is 6.92 Å². The van der Waals surface area contributed by atoms with Crippen molar-refractivity contribution in [2.45, 2.75) is 90.8 Å². The minimum Gasteiger partial charge on any atom is -0.546 e. The molecule has 1 aliphatic carbocycles. The molecule has 1 fully saturated rings. The summed E-state index contributed by atoms with van der Waals surface area (Å²) in [7, 11) is 0. The van der Waals surface area contributed by atoms with Gasteiger partial charge in [-0.05, 0) is 69.1 Å². The summed E-state index contributed by atoms with van der Waals surface area (Å²) >= 11 is 0. The van der Waals surface area contributed by atoms with Crippen molar-refractivity contribution < 1.29 is 54.4 Å². The average Bonchev–Trinajstić information content (AvgIpc) is 3.07. The number of aliphatic hydroxyl groups is 2. The normalized spacial score (nSPS) is 18.9. The summed E-state index contributed by atoms with van der Waals surface area (Å²) in [5.74, 6) is -0.143. The largest absolute Gasteiger partial charge is 1.00 e. The zero-order valence-corrected chi connectivity index (χ0v) is 20.7. The summed E-state index contributed by atoms with van der Waals surface area (Å²) in [5, 5.41) is 29.5. The first-order valence-corrected chi connectivity index (χ1v) is 10.6. The van der Waals surface area contributed by atoms with Gasteiger partial charge in [-0.3, -0.25) is 0 Å². The third-order valence-corrected chi connectivity index (χ3v) is 5.53. The Hall–Kier alpha value is -0.590. The molecule has 0 amide bonds. The molecule has 0 saturated heterocycles. The monoisotopic (exact) mass is 416 g/mol. The molecule has 1 aromatic rings. The summed E-state index contributed by atoms with van der Waals surface area (Å²) in [6.45, 7) is 5.62. The van der Waals surface area contributed by atoms with Crippen LogP contribution in [0.1, 0.15) is 75.8 Å². The number of aryl methyl sites for hydroxylation is 1. The van der Waals surface area contributed by atoms with Crippen molar-refractivity contribution in [3.05, 3.63) is 29.3 Å². The van der Waals surface area contributed by atoms with Crippen molar-refractivity contribution in [3.8, 4) is 5.75 Å². The molecule has 0 aliphatic heterocycles. The van der Waals surface area contributed by atoms with Crippen molar-refractivity contribution >= 4 is 5.97 Å². The molecule has 6 heteroatoms. The fourth-order valence-electron chi connectivity index (χ4n) is 3.55. The van der Waals surface area contributed by atoms with Crippen LogP contribution in [0.3, 0.4) is 0 Å². The van der Waals surface area contributed by atoms with Gasteiger partial charge in [0.15, 0.2) is 0 Å². The van der Waals surface area contributed by atoms with E-state index >= 15 is 0 Å². The van der Waals surface area contributed by atoms with Crippen LogP contribution in [-0.4, -0.2) is 35.0 Å². The molecule has 3 atom stereocenters. The Balaban J connectivity index is 0.000000527. The molecule has 0 heterocycles. The smallest absolute Gasteiger partial charge is 0.546 e. The van der Waals surface area contributed by atoms with Gasteiger partial charge in [-0.2, -0.15) is 0 Å². The molecule has 160 valence electrons. The summed E-state index contributed by atoms with van der Waals surface area (Å²) < 4.78 is 5.02. The Labute approximate surface area is 198 Å². The molecule has 1 aromatic carbocycles. The first-order valence-electron chi connectivity index (χ1n) is 10.6. The zero-order chi connectivity index (χ0) is 20.9. The molecule has 0 aromatic heterocycles. The second kappa shape index (κ2) is 16.1. The molecule has 2 N–H and O–H groups in total. The zero-order valence-electron chi connectivity index (χ0n) is 18.7. The quantitative estimate of drug-likeness (QED) is 0.423. The minimum absolute atomic E-state index is 0. The van der Waals surface area contributed by atoms with Gasteiger partial charge in [-0.1, -0.05) is 44.7 Å². The van der Waals surface area contributed by atoms with E-state index in [1.165, 1.54) is 12.8 Å². The Morgan fingerprint density at radius 1 is 1.24 bits per heavy atom. The van der Waals surface area contributed by atoms with E-state index in [1.807, 2.05) is 26.0 Å². The van der Waals surface area contributed by atoms with Gasteiger partial charge in [-0.25, -0.2) is 0 Å². The van der Waals surface area contributed by atoms with E-state index in [4.69, 9.17) is 4.74 Å². The number of rotatable bonds is 10. The first kappa shape index (κ1) is 28.4. The van der Waals surface area contributed by atoms with Gasteiger partial charge < -0.3 is 24.9 Å². The number of carbonyl (C=O) groups is 1. The summed E-state index contributed by atoms with van der Waals surface area (Å²) in [6, 6.07) is 5.51. The van der Waals surface area contributed by atoms with E-state index in [0.717, 1.165) is 56.1 Å². The standard InChI is InChI=1S/C13H26O2.C10H12O3.Na/c1-2-3-4-7-12(14)10-9-11-6-5-8-13(11)15;1-7-4-3-5-9(8(7)2)13-6-10(11)12;/h11-15H,2-10H2,1H3;3-5H,6H2,1-2H3,(H,11,12);/q;;+1/p-1/t11?,12?,13-;;/m1../s1. The number of hydrogen-bond acceptors (Lipinski definition) is 5. The van der Waals surface area contributed by atoms with Crippen LogP contribution in [0, 0.1) is 19.8 Å². The fraction of sp³-hybridized carbons (Fsp3) is 0.696. The molecule has 29 heavy (non-hydrogen) atoms. The van der Waals surface area contributed by atoms with E-state index in [9.17, 15) is 20.1 Å². The van der Waals surface area contributed by atoms with E-state index in [1.54, 1.807) is 6.07 Å². The SMILES string of the molecule is CCCCCC(O)CCC1CCC[C@H]1O.Cc1cccc(OCC(=O)[O-])c1C.[Na+]. The molecule has 2 unspecified atom stereocenters. The van der Waals surface area contributed by atoms with Crippen LogP contribution in [0.15, 0.2) is 18.2 Å². The van der Waals surface area contributed by atoms with Crippen molar-refractivity contribution in [2.24, 2.45) is 5.92 Å². The Kier molecular flexibility index (Phi) is 15.8. The van der Waals surface area contributed by atoms with Crippen LogP contribution in [0.2, 0.25) is 0 Å². The Morgan fingerprint density at radius 3 is 2.55 bits per heavy atom. The van der Waals surface area contributed by atoms with Gasteiger partial charge in [0.2, 0.25) is 0 Å². The summed E-state index contributed by atoms with van der Waals surface area (Å²) in [4.78, 5) is 10.1. The molecule has 1 aliphatic rings. The minimum atomic E-state index is -1.21. The maximum absolute atomic E-state index is 10.1. The van der Waals surface area contributed by atoms with Gasteiger partial charge in [0.1, 0.15) is 12.4 Å². The molecule has 1 saturated carbocycles. The molecular formula is C23H37NaO5. The average molecular weight is 417 g/mol. The molecule has 0 spiro atoms. The number of carboxylic acid groups (broad SMARTS) is 1. The van der Waals surface area contributed by atoms with Crippen molar-refractivity contribution in [3.63, 3.8) is 0 Å². The number of aliphatic carboxylic acids is 1. The van der Waals surface area contributed by atoms with Crippen LogP contribution in [-0.2, 0) is 4.79 Å². The van der Waals surface area contributed by atoms with Crippen LogP contribution < -0.4 is 39.4 Å². The van der Waals surface area contributed by atoms with Crippen LogP contribution in [0.4, 0.5) is 0 Å². The van der Waals surface area contributed by atoms with Crippen LogP contribution >= 0.6 is 0 Å². The molecule has 5 nitrogen and oxygen atoms in total. The number of aliphatic hydroxyl groups excluding tert-OH is 2. The van der Waals surface area contributed by atoms with E-state index < -0.39 is 12.6 Å². The topological polar surface area (TPSA) is 89.8 Å². The summed E-state index contributed by atoms with van der Waals surface area (Å²) in [6.07, 6.45) is 9.48. The third kappa shape index (κ3) is 12.0. The fourth-order valence-corrected chi connectivity index (χ4v) is 3.55. The number of benzene rings is 1. The number of carbonyl (C=O) groups excluding carboxylic acids is 1. The second-order valence-electron chi connectivity index (χ2n) is 7.84. The first-order chi connectivity index (χ1) is 13.3. The molecule has 0 radical (unpaired) electrons. The van der Waals surface area contributed by atoms with Crippen LogP contribution in [0.25, 0.3) is 0 Å². The van der Waals surface area contributed by atoms with Gasteiger partial charge in [0, 0.05) is 0 Å².